The van der Waals surface area contributed by atoms with Crippen LogP contribution in [0.5, 0.6) is 0 Å². The molecule has 81 heavy (non-hydrogen) atoms. The van der Waals surface area contributed by atoms with E-state index in [1.807, 2.05) is 12.2 Å². The van der Waals surface area contributed by atoms with Crippen LogP contribution in [0.15, 0.2) is 97.2 Å². The van der Waals surface area contributed by atoms with Gasteiger partial charge in [-0.05, 0) is 83.5 Å². The van der Waals surface area contributed by atoms with Gasteiger partial charge in [0.1, 0.15) is 48.8 Å². The van der Waals surface area contributed by atoms with Gasteiger partial charge >= 0.3 is 0 Å². The van der Waals surface area contributed by atoms with Gasteiger partial charge in [0, 0.05) is 6.42 Å². The van der Waals surface area contributed by atoms with E-state index in [2.05, 4.69) is 98.2 Å². The molecule has 2 rings (SSSR count). The fourth-order valence-corrected chi connectivity index (χ4v) is 9.89. The molecule has 2 fully saturated rings. The molecule has 14 heteroatoms. The quantitative estimate of drug-likeness (QED) is 0.0204. The Morgan fingerprint density at radius 2 is 0.864 bits per heavy atom. The maximum atomic E-state index is 13.2. The highest BCUT2D eigenvalue weighted by atomic mass is 16.7. The maximum Gasteiger partial charge on any atom is 0.220 e. The molecule has 1 amide bonds. The lowest BCUT2D eigenvalue weighted by Gasteiger charge is -2.46. The van der Waals surface area contributed by atoms with E-state index in [9.17, 15) is 45.6 Å². The summed E-state index contributed by atoms with van der Waals surface area (Å²) in [6, 6.07) is -0.975. The molecule has 0 aromatic heterocycles. The molecular formula is C67H115NO13. The average molecular weight is 1140 g/mol. The summed E-state index contributed by atoms with van der Waals surface area (Å²) in [4.78, 5) is 13.2. The summed E-state index contributed by atoms with van der Waals surface area (Å²) in [5.41, 5.74) is 0. The number of aliphatic hydroxyl groups excluding tert-OH is 8. The van der Waals surface area contributed by atoms with E-state index in [4.69, 9.17) is 18.9 Å². The van der Waals surface area contributed by atoms with Gasteiger partial charge in [0.2, 0.25) is 5.91 Å². The van der Waals surface area contributed by atoms with Crippen LogP contribution in [0.25, 0.3) is 0 Å². The predicted octanol–water partition coefficient (Wildman–Crippen LogP) is 11.8. The highest BCUT2D eigenvalue weighted by molar-refractivity contribution is 5.76. The minimum atomic E-state index is -1.80. The van der Waals surface area contributed by atoms with Crippen LogP contribution in [-0.4, -0.2) is 140 Å². The van der Waals surface area contributed by atoms with Crippen molar-refractivity contribution in [2.75, 3.05) is 19.8 Å². The molecule has 0 bridgehead atoms. The summed E-state index contributed by atoms with van der Waals surface area (Å²) in [6.07, 6.45) is 54.8. The smallest absolute Gasteiger partial charge is 0.220 e. The maximum absolute atomic E-state index is 13.2. The molecule has 0 radical (unpaired) electrons. The molecular weight excluding hydrogens is 1030 g/mol. The monoisotopic (exact) mass is 1140 g/mol. The third-order valence-corrected chi connectivity index (χ3v) is 15.0. The summed E-state index contributed by atoms with van der Waals surface area (Å²) in [5, 5.41) is 87.1. The Morgan fingerprint density at radius 1 is 0.457 bits per heavy atom. The van der Waals surface area contributed by atoms with Gasteiger partial charge in [-0.3, -0.25) is 4.79 Å². The van der Waals surface area contributed by atoms with Crippen molar-refractivity contribution in [3.63, 3.8) is 0 Å². The Bertz CT molecular complexity index is 1730. The zero-order valence-corrected chi connectivity index (χ0v) is 50.2. The van der Waals surface area contributed by atoms with Gasteiger partial charge in [-0.1, -0.05) is 233 Å². The second-order valence-electron chi connectivity index (χ2n) is 22.1. The molecule has 12 atom stereocenters. The molecule has 2 aliphatic heterocycles. The number of hydrogen-bond acceptors (Lipinski definition) is 13. The number of aliphatic hydroxyl groups is 8. The Kier molecular flexibility index (Phi) is 46.9. The first-order valence-electron chi connectivity index (χ1n) is 32.0. The van der Waals surface area contributed by atoms with Crippen LogP contribution in [0.1, 0.15) is 226 Å². The normalized spacial score (nSPS) is 24.8. The van der Waals surface area contributed by atoms with Gasteiger partial charge in [-0.15, -0.1) is 0 Å². The second kappa shape index (κ2) is 51.3. The molecule has 0 aromatic carbocycles. The summed E-state index contributed by atoms with van der Waals surface area (Å²) >= 11 is 0. The lowest BCUT2D eigenvalue weighted by Crippen LogP contribution is -2.65. The van der Waals surface area contributed by atoms with Crippen LogP contribution >= 0.6 is 0 Å². The zero-order chi connectivity index (χ0) is 58.8. The van der Waals surface area contributed by atoms with Crippen molar-refractivity contribution < 1.29 is 64.6 Å². The van der Waals surface area contributed by atoms with Crippen molar-refractivity contribution >= 4 is 5.91 Å². The first-order chi connectivity index (χ1) is 39.6. The molecule has 0 aromatic rings. The van der Waals surface area contributed by atoms with Crippen molar-refractivity contribution in [2.45, 2.75) is 299 Å². The van der Waals surface area contributed by atoms with E-state index in [0.29, 0.717) is 19.3 Å². The molecule has 14 nitrogen and oxygen atoms in total. The Morgan fingerprint density at radius 3 is 1.36 bits per heavy atom. The molecule has 2 heterocycles. The SMILES string of the molecule is CC/C=C\C/C=C\C/C=C\C/C=C\C/C=C\CCCC(=O)NC(COC1OC(CO)C(OC2OC(CO)C(O)C(O)C2O)C(O)C1O)C(O)/C=C/CC/C=C/CC/C=C/CCCCCCCCCCCCCCCCCCCCCC. The molecule has 466 valence electrons. The van der Waals surface area contributed by atoms with Gasteiger partial charge in [0.15, 0.2) is 12.6 Å². The molecule has 2 saturated heterocycles. The number of unbranched alkanes of at least 4 members (excludes halogenated alkanes) is 23. The number of ether oxygens (including phenoxy) is 4. The van der Waals surface area contributed by atoms with Crippen LogP contribution < -0.4 is 5.32 Å². The van der Waals surface area contributed by atoms with Crippen LogP contribution in [0.4, 0.5) is 0 Å². The molecule has 0 spiro atoms. The minimum Gasteiger partial charge on any atom is -0.394 e. The van der Waals surface area contributed by atoms with E-state index in [-0.39, 0.29) is 18.9 Å². The third kappa shape index (κ3) is 36.4. The molecule has 9 N–H and O–H groups in total. The van der Waals surface area contributed by atoms with Gasteiger partial charge < -0.3 is 65.1 Å². The van der Waals surface area contributed by atoms with E-state index in [0.717, 1.165) is 57.8 Å². The van der Waals surface area contributed by atoms with Crippen LogP contribution in [0.2, 0.25) is 0 Å². The Balaban J connectivity index is 1.75. The average Bonchev–Trinajstić information content (AvgIpc) is 3.47. The fraction of sp³-hybridized carbons (Fsp3) is 0.746. The Labute approximate surface area is 490 Å². The highest BCUT2D eigenvalue weighted by Gasteiger charge is 2.51. The molecule has 2 aliphatic rings. The fourth-order valence-electron chi connectivity index (χ4n) is 9.89. The standard InChI is InChI=1S/C67H115NO13/c1-3-5-7-9-11-13-15-17-19-21-22-23-24-25-26-27-28-29-30-31-32-33-35-36-38-40-42-44-46-48-50-56(71)55(68-59(72)51-49-47-45-43-41-39-37-34-20-18-16-14-12-10-8-6-4-2)54-78-66-64(77)62(75)65(58(53-70)80-66)81-67-63(76)61(74)60(73)57(52-69)79-67/h6,8,12,14,18,20,33,35,37,39-40,42-43,45,48,50,55-58,60-67,69-71,73-77H,3-5,7,9-11,13,15-17,19,21-32,34,36,38,41,44,46-47,49,51-54H2,1-2H3,(H,68,72)/b8-6-,14-12-,20-18-,35-33+,39-37-,42-40+,45-43-,50-48+. The largest absolute Gasteiger partial charge is 0.394 e. The van der Waals surface area contributed by atoms with Crippen molar-refractivity contribution in [1.29, 1.82) is 0 Å². The number of carbonyl (C=O) groups is 1. The minimum absolute atomic E-state index is 0.186. The molecule has 0 aliphatic carbocycles. The lowest BCUT2D eigenvalue weighted by molar-refractivity contribution is -0.359. The van der Waals surface area contributed by atoms with Crippen LogP contribution in [0.3, 0.4) is 0 Å². The van der Waals surface area contributed by atoms with Gasteiger partial charge in [0.25, 0.3) is 0 Å². The first kappa shape index (κ1) is 74.0. The summed E-state index contributed by atoms with van der Waals surface area (Å²) in [6.45, 7) is 2.62. The van der Waals surface area contributed by atoms with Crippen LogP contribution in [-0.2, 0) is 23.7 Å². The first-order valence-corrected chi connectivity index (χ1v) is 32.0. The predicted molar refractivity (Wildman–Crippen MR) is 327 cm³/mol. The zero-order valence-electron chi connectivity index (χ0n) is 50.2. The highest BCUT2D eigenvalue weighted by Crippen LogP contribution is 2.30. The number of allylic oxidation sites excluding steroid dienone is 15. The van der Waals surface area contributed by atoms with Gasteiger partial charge in [-0.25, -0.2) is 0 Å². The summed E-state index contributed by atoms with van der Waals surface area (Å²) in [5.74, 6) is -0.313. The number of hydrogen-bond donors (Lipinski definition) is 9. The van der Waals surface area contributed by atoms with Crippen molar-refractivity contribution in [3.8, 4) is 0 Å². The van der Waals surface area contributed by atoms with E-state index in [1.165, 1.54) is 128 Å². The third-order valence-electron chi connectivity index (χ3n) is 15.0. The second-order valence-corrected chi connectivity index (χ2v) is 22.1. The molecule has 0 saturated carbocycles. The number of carbonyl (C=O) groups excluding carboxylic acids is 1. The number of amides is 1. The van der Waals surface area contributed by atoms with Crippen LogP contribution in [0, 0.1) is 0 Å². The van der Waals surface area contributed by atoms with Crippen molar-refractivity contribution in [1.82, 2.24) is 5.32 Å². The van der Waals surface area contributed by atoms with Crippen molar-refractivity contribution in [3.05, 3.63) is 97.2 Å². The van der Waals surface area contributed by atoms with Gasteiger partial charge in [-0.2, -0.15) is 0 Å². The van der Waals surface area contributed by atoms with E-state index >= 15 is 0 Å². The Hall–Kier alpha value is -3.09. The summed E-state index contributed by atoms with van der Waals surface area (Å²) in [7, 11) is 0. The van der Waals surface area contributed by atoms with E-state index in [1.54, 1.807) is 6.08 Å². The number of rotatable bonds is 50. The lowest BCUT2D eigenvalue weighted by atomic mass is 9.97. The topological polar surface area (TPSA) is 228 Å². The van der Waals surface area contributed by atoms with Gasteiger partial charge in [0.05, 0.1) is 32.0 Å². The molecule has 12 unspecified atom stereocenters. The van der Waals surface area contributed by atoms with E-state index < -0.39 is 86.8 Å². The number of nitrogens with one attached hydrogen (secondary N) is 1. The van der Waals surface area contributed by atoms with Crippen molar-refractivity contribution in [2.24, 2.45) is 0 Å². The summed E-state index contributed by atoms with van der Waals surface area (Å²) < 4.78 is 22.7.